The van der Waals surface area contributed by atoms with Gasteiger partial charge in [0, 0.05) is 37.7 Å². The molecule has 0 aliphatic heterocycles. The van der Waals surface area contributed by atoms with Crippen molar-refractivity contribution in [3.8, 4) is 17.0 Å². The summed E-state index contributed by atoms with van der Waals surface area (Å²) in [6, 6.07) is 9.97. The van der Waals surface area contributed by atoms with Crippen LogP contribution in [0, 0.1) is 11.6 Å². The summed E-state index contributed by atoms with van der Waals surface area (Å²) in [5.41, 5.74) is -2.23. The van der Waals surface area contributed by atoms with Crippen LogP contribution in [0.5, 0.6) is 5.75 Å². The minimum Gasteiger partial charge on any atom is -0.503 e. The maximum atomic E-state index is 14.9. The monoisotopic (exact) mass is 609 g/mol. The second-order valence-corrected chi connectivity index (χ2v) is 13.1. The molecule has 2 aromatic carbocycles. The lowest BCUT2D eigenvalue weighted by Crippen LogP contribution is -2.53. The van der Waals surface area contributed by atoms with Crippen molar-refractivity contribution < 1.29 is 35.5 Å². The Hall–Kier alpha value is -3.81. The first kappa shape index (κ1) is 29.7. The molecule has 2 heterocycles. The first-order chi connectivity index (χ1) is 19.6. The number of sulfone groups is 1. The Bertz CT molecular complexity index is 1750. The van der Waals surface area contributed by atoms with E-state index in [2.05, 4.69) is 15.1 Å². The van der Waals surface area contributed by atoms with Crippen LogP contribution in [-0.4, -0.2) is 57.4 Å². The summed E-state index contributed by atoms with van der Waals surface area (Å²) >= 11 is 0. The molecule has 0 saturated heterocycles. The number of hydrogen-bond acceptors (Lipinski definition) is 7. The Balaban J connectivity index is 1.57. The summed E-state index contributed by atoms with van der Waals surface area (Å²) in [7, 11) is 0.0422. The van der Waals surface area contributed by atoms with E-state index in [9.17, 15) is 35.5 Å². The second-order valence-electron chi connectivity index (χ2n) is 10.8. The van der Waals surface area contributed by atoms with Gasteiger partial charge in [-0.15, -0.1) is 0 Å². The standard InChI is InChI=1S/C28H28F5N5O3S/c1-37(27(14-16-7-5-4-6-8-16)11-9-17(10-12-27)42(3,40)41)26-34-15-19-23(36-38(2)25(19)35-26)18-13-20(28(31,32)33)22(30)24(39)21(18)29/h4-8,13,15,17,39H,9-12,14H2,1-3H3. The van der Waals surface area contributed by atoms with Gasteiger partial charge in [-0.25, -0.2) is 26.9 Å². The molecular formula is C28H28F5N5O3S. The van der Waals surface area contributed by atoms with Crippen LogP contribution in [0.3, 0.4) is 0 Å². The zero-order valence-electron chi connectivity index (χ0n) is 23.0. The molecule has 0 radical (unpaired) electrons. The number of halogens is 5. The largest absolute Gasteiger partial charge is 0.503 e. The van der Waals surface area contributed by atoms with Crippen molar-refractivity contribution in [2.45, 2.75) is 49.1 Å². The van der Waals surface area contributed by atoms with Crippen molar-refractivity contribution in [1.82, 2.24) is 19.7 Å². The first-order valence-corrected chi connectivity index (χ1v) is 15.0. The molecule has 5 rings (SSSR count). The normalized spacial score (nSPS) is 19.8. The van der Waals surface area contributed by atoms with Gasteiger partial charge in [-0.3, -0.25) is 0 Å². The number of aryl methyl sites for hydroxylation is 1. The summed E-state index contributed by atoms with van der Waals surface area (Å²) in [4.78, 5) is 10.9. The molecule has 14 heteroatoms. The van der Waals surface area contributed by atoms with Crippen molar-refractivity contribution in [3.05, 3.63) is 65.4 Å². The fourth-order valence-corrected chi connectivity index (χ4v) is 6.86. The Morgan fingerprint density at radius 2 is 1.76 bits per heavy atom. The van der Waals surface area contributed by atoms with E-state index >= 15 is 0 Å². The van der Waals surface area contributed by atoms with Crippen LogP contribution < -0.4 is 4.90 Å². The summed E-state index contributed by atoms with van der Waals surface area (Å²) in [6.45, 7) is 0. The number of hydrogen-bond donors (Lipinski definition) is 1. The van der Waals surface area contributed by atoms with Crippen molar-refractivity contribution in [1.29, 1.82) is 0 Å². The average Bonchev–Trinajstić information content (AvgIpc) is 3.26. The number of nitrogens with zero attached hydrogens (tertiary/aromatic N) is 5. The number of benzene rings is 2. The van der Waals surface area contributed by atoms with Gasteiger partial charge in [-0.05, 0) is 43.7 Å². The van der Waals surface area contributed by atoms with E-state index in [0.717, 1.165) is 5.56 Å². The van der Waals surface area contributed by atoms with Crippen LogP contribution in [0.1, 0.15) is 36.8 Å². The van der Waals surface area contributed by atoms with Gasteiger partial charge < -0.3 is 10.0 Å². The molecule has 8 nitrogen and oxygen atoms in total. The molecule has 42 heavy (non-hydrogen) atoms. The molecule has 1 N–H and O–H groups in total. The molecule has 4 aromatic rings. The number of rotatable bonds is 6. The van der Waals surface area contributed by atoms with Gasteiger partial charge in [0.25, 0.3) is 0 Å². The topological polar surface area (TPSA) is 101 Å². The predicted octanol–water partition coefficient (Wildman–Crippen LogP) is 5.44. The van der Waals surface area contributed by atoms with Crippen molar-refractivity contribution in [3.63, 3.8) is 0 Å². The molecule has 1 saturated carbocycles. The van der Waals surface area contributed by atoms with Crippen LogP contribution >= 0.6 is 0 Å². The lowest BCUT2D eigenvalue weighted by Gasteiger charge is -2.46. The number of phenols is 1. The van der Waals surface area contributed by atoms with E-state index in [0.29, 0.717) is 32.1 Å². The van der Waals surface area contributed by atoms with E-state index in [1.54, 1.807) is 7.05 Å². The molecule has 1 fully saturated rings. The zero-order chi connectivity index (χ0) is 30.6. The number of aromatic hydroxyl groups is 1. The number of likely N-dealkylation sites (N-methyl/N-ethyl adjacent to an activating group) is 1. The third kappa shape index (κ3) is 5.27. The molecule has 0 amide bonds. The predicted molar refractivity (Wildman–Crippen MR) is 147 cm³/mol. The quantitative estimate of drug-likeness (QED) is 0.291. The average molecular weight is 610 g/mol. The lowest BCUT2D eigenvalue weighted by molar-refractivity contribution is -0.140. The summed E-state index contributed by atoms with van der Waals surface area (Å²) < 4.78 is 95.0. The number of phenolic OH excluding ortho intramolecular Hbond substituents is 1. The Morgan fingerprint density at radius 3 is 2.36 bits per heavy atom. The minimum atomic E-state index is -5.19. The second kappa shape index (κ2) is 10.5. The maximum absolute atomic E-state index is 14.9. The third-order valence-corrected chi connectivity index (χ3v) is 9.84. The fourth-order valence-electron chi connectivity index (χ4n) is 5.77. The van der Waals surface area contributed by atoms with Gasteiger partial charge in [-0.1, -0.05) is 30.3 Å². The highest BCUT2D eigenvalue weighted by Crippen LogP contribution is 2.43. The fraction of sp³-hybridized carbons (Fsp3) is 0.393. The number of anilines is 1. The van der Waals surface area contributed by atoms with Crippen LogP contribution in [0.25, 0.3) is 22.3 Å². The summed E-state index contributed by atoms with van der Waals surface area (Å²) in [6.07, 6.45) is -0.107. The SMILES string of the molecule is CN(c1ncc2c(-c3cc(C(F)(F)F)c(F)c(O)c3F)nn(C)c2n1)C1(Cc2ccccc2)CCC(S(C)(=O)=O)CC1. The van der Waals surface area contributed by atoms with Crippen LogP contribution in [0.15, 0.2) is 42.6 Å². The highest BCUT2D eigenvalue weighted by molar-refractivity contribution is 7.91. The molecule has 0 unspecified atom stereocenters. The number of alkyl halides is 3. The highest BCUT2D eigenvalue weighted by atomic mass is 32.2. The van der Waals surface area contributed by atoms with Crippen LogP contribution in [0.2, 0.25) is 0 Å². The lowest BCUT2D eigenvalue weighted by atomic mass is 9.76. The molecule has 224 valence electrons. The van der Waals surface area contributed by atoms with Crippen LogP contribution in [0.4, 0.5) is 27.9 Å². The number of fused-ring (bicyclic) bond motifs is 1. The van der Waals surface area contributed by atoms with E-state index in [-0.39, 0.29) is 28.7 Å². The summed E-state index contributed by atoms with van der Waals surface area (Å²) in [5.74, 6) is -5.21. The van der Waals surface area contributed by atoms with Gasteiger partial charge in [-0.2, -0.15) is 23.3 Å². The zero-order valence-corrected chi connectivity index (χ0v) is 23.8. The Labute approximate surface area is 238 Å². The third-order valence-electron chi connectivity index (χ3n) is 8.16. The van der Waals surface area contributed by atoms with Crippen molar-refractivity contribution in [2.24, 2.45) is 7.05 Å². The molecule has 0 bridgehead atoms. The molecule has 0 atom stereocenters. The molecule has 0 spiro atoms. The Kier molecular flexibility index (Phi) is 7.40. The minimum absolute atomic E-state index is 0.0885. The number of aromatic nitrogens is 4. The van der Waals surface area contributed by atoms with E-state index in [4.69, 9.17) is 0 Å². The van der Waals surface area contributed by atoms with Crippen LogP contribution in [-0.2, 0) is 29.5 Å². The maximum Gasteiger partial charge on any atom is 0.419 e. The Morgan fingerprint density at radius 1 is 1.12 bits per heavy atom. The van der Waals surface area contributed by atoms with Gasteiger partial charge >= 0.3 is 6.18 Å². The molecule has 2 aromatic heterocycles. The van der Waals surface area contributed by atoms with E-state index in [1.807, 2.05) is 35.2 Å². The van der Waals surface area contributed by atoms with Gasteiger partial charge in [0.1, 0.15) is 15.5 Å². The smallest absolute Gasteiger partial charge is 0.419 e. The molecular weight excluding hydrogens is 581 g/mol. The van der Waals surface area contributed by atoms with Gasteiger partial charge in [0.2, 0.25) is 5.95 Å². The molecule has 1 aliphatic carbocycles. The molecule has 1 aliphatic rings. The van der Waals surface area contributed by atoms with Gasteiger partial charge in [0.05, 0.1) is 16.2 Å². The van der Waals surface area contributed by atoms with E-state index < -0.39 is 55.3 Å². The van der Waals surface area contributed by atoms with Crippen molar-refractivity contribution >= 4 is 26.8 Å². The van der Waals surface area contributed by atoms with Gasteiger partial charge in [0.15, 0.2) is 23.0 Å². The van der Waals surface area contributed by atoms with E-state index in [1.165, 1.54) is 24.2 Å². The summed E-state index contributed by atoms with van der Waals surface area (Å²) in [5, 5.41) is 13.6. The highest BCUT2D eigenvalue weighted by Gasteiger charge is 2.43. The van der Waals surface area contributed by atoms with Crippen molar-refractivity contribution in [2.75, 3.05) is 18.2 Å². The first-order valence-electron chi connectivity index (χ1n) is 13.1.